The number of imide groups is 1. The van der Waals surface area contributed by atoms with Gasteiger partial charge >= 0.3 is 0 Å². The largest absolute Gasteiger partial charge is 0.508 e. The maximum absolute atomic E-state index is 13.8. The number of hydrogen-bond acceptors (Lipinski definition) is 11. The van der Waals surface area contributed by atoms with E-state index in [0.717, 1.165) is 0 Å². The molecular weight excluding hydrogens is 809 g/mol. The zero-order valence-corrected chi connectivity index (χ0v) is 35.4. The summed E-state index contributed by atoms with van der Waals surface area (Å²) < 4.78 is 7.59. The summed E-state index contributed by atoms with van der Waals surface area (Å²) in [4.78, 5) is 79.4. The monoisotopic (exact) mass is 856 g/mol. The van der Waals surface area contributed by atoms with Crippen molar-refractivity contribution in [3.8, 4) is 40.1 Å². The molecule has 1 aromatic heterocycles. The fourth-order valence-electron chi connectivity index (χ4n) is 7.67. The summed E-state index contributed by atoms with van der Waals surface area (Å²) in [7, 11) is 0. The van der Waals surface area contributed by atoms with Gasteiger partial charge in [-0.15, -0.1) is 10.2 Å². The SMILES string of the molecule is CCNC(=O)c1nnc(-c2cc(C(C)C)c(O)cc2O)n1-c1ccc(Oc2ccc(C(=O)NC(CC(C)C)C(=O)Nc3cccc4c3CN(C3CCC(=O)NC3=O)C4=O)cc2)cc1. The summed E-state index contributed by atoms with van der Waals surface area (Å²) in [6.45, 7) is 9.86. The Labute approximate surface area is 362 Å². The van der Waals surface area contributed by atoms with Crippen LogP contribution in [0.15, 0.2) is 78.9 Å². The van der Waals surface area contributed by atoms with Gasteiger partial charge in [-0.3, -0.25) is 38.7 Å². The first kappa shape index (κ1) is 43.5. The van der Waals surface area contributed by atoms with Crippen molar-refractivity contribution in [1.82, 2.24) is 35.6 Å². The summed E-state index contributed by atoms with van der Waals surface area (Å²) in [5.41, 5.74) is 2.91. The highest BCUT2D eigenvalue weighted by Crippen LogP contribution is 2.39. The van der Waals surface area contributed by atoms with Crippen LogP contribution in [0.3, 0.4) is 0 Å². The number of aromatic nitrogens is 3. The molecule has 7 rings (SSSR count). The number of fused-ring (bicyclic) bond motifs is 1. The Hall–Kier alpha value is -7.56. The second-order valence-corrected chi connectivity index (χ2v) is 16.1. The standard InChI is InChI=1S/C46H48N8O9/c1-6-47-45(61)41-52-51-40(32-21-31(25(4)5)37(55)22-38(32)56)54(41)27-12-16-29(17-13-27)63-28-14-10-26(11-15-28)42(58)49-35(20-24(2)3)43(59)48-34-9-7-8-30-33(34)23-53(46(30)62)36-18-19-39(57)50-44(36)60/h7-17,21-22,24-25,35-36,55-56H,6,18-20,23H2,1-5H3,(H,47,61)(H,48,59)(H,49,58)(H,50,57,60). The highest BCUT2D eigenvalue weighted by atomic mass is 16.5. The first-order valence-corrected chi connectivity index (χ1v) is 20.7. The fourth-order valence-corrected chi connectivity index (χ4v) is 7.67. The maximum Gasteiger partial charge on any atom is 0.289 e. The molecule has 4 aromatic carbocycles. The van der Waals surface area contributed by atoms with E-state index in [2.05, 4.69) is 31.5 Å². The van der Waals surface area contributed by atoms with Crippen LogP contribution in [0.4, 0.5) is 5.69 Å². The summed E-state index contributed by atoms with van der Waals surface area (Å²) in [5, 5.41) is 40.5. The van der Waals surface area contributed by atoms with E-state index in [4.69, 9.17) is 4.74 Å². The average molecular weight is 857 g/mol. The maximum atomic E-state index is 13.8. The number of benzene rings is 4. The van der Waals surface area contributed by atoms with Crippen molar-refractivity contribution in [2.45, 2.75) is 78.4 Å². The third kappa shape index (κ3) is 9.22. The molecule has 17 nitrogen and oxygen atoms in total. The van der Waals surface area contributed by atoms with Crippen molar-refractivity contribution in [3.05, 3.63) is 107 Å². The minimum Gasteiger partial charge on any atom is -0.508 e. The van der Waals surface area contributed by atoms with Crippen LogP contribution in [0.5, 0.6) is 23.0 Å². The number of nitrogens with one attached hydrogen (secondary N) is 4. The number of amides is 6. The van der Waals surface area contributed by atoms with Crippen LogP contribution < -0.4 is 26.0 Å². The van der Waals surface area contributed by atoms with E-state index in [9.17, 15) is 39.0 Å². The quantitative estimate of drug-likeness (QED) is 0.0758. The second kappa shape index (κ2) is 18.2. The Balaban J connectivity index is 1.04. The number of phenolic OH excluding ortho intramolecular Hbond substituents is 2. The van der Waals surface area contributed by atoms with Gasteiger partial charge in [-0.25, -0.2) is 0 Å². The van der Waals surface area contributed by atoms with Gasteiger partial charge in [-0.2, -0.15) is 0 Å². The number of hydrogen-bond donors (Lipinski definition) is 6. The van der Waals surface area contributed by atoms with Crippen LogP contribution in [0.25, 0.3) is 17.1 Å². The Morgan fingerprint density at radius 1 is 0.873 bits per heavy atom. The minimum atomic E-state index is -0.929. The molecule has 0 saturated carbocycles. The highest BCUT2D eigenvalue weighted by Gasteiger charge is 2.40. The third-order valence-electron chi connectivity index (χ3n) is 10.8. The van der Waals surface area contributed by atoms with E-state index < -0.39 is 35.7 Å². The van der Waals surface area contributed by atoms with Crippen LogP contribution >= 0.6 is 0 Å². The summed E-state index contributed by atoms with van der Waals surface area (Å²) in [6, 6.07) is 19.2. The summed E-state index contributed by atoms with van der Waals surface area (Å²) >= 11 is 0. The van der Waals surface area contributed by atoms with Crippen molar-refractivity contribution in [1.29, 1.82) is 0 Å². The highest BCUT2D eigenvalue weighted by molar-refractivity contribution is 6.07. The van der Waals surface area contributed by atoms with Gasteiger partial charge in [-0.05, 0) is 104 Å². The molecule has 63 heavy (non-hydrogen) atoms. The molecule has 0 radical (unpaired) electrons. The number of rotatable bonds is 14. The molecule has 1 fully saturated rings. The van der Waals surface area contributed by atoms with Crippen molar-refractivity contribution < 1.29 is 43.7 Å². The molecule has 5 aromatic rings. The van der Waals surface area contributed by atoms with Crippen LogP contribution in [-0.4, -0.2) is 83.9 Å². The van der Waals surface area contributed by atoms with E-state index in [1.807, 2.05) is 27.7 Å². The van der Waals surface area contributed by atoms with E-state index in [0.29, 0.717) is 52.5 Å². The first-order chi connectivity index (χ1) is 30.1. The molecule has 2 atom stereocenters. The van der Waals surface area contributed by atoms with Gasteiger partial charge in [0.05, 0.1) is 5.56 Å². The number of anilines is 1. The molecule has 17 heteroatoms. The van der Waals surface area contributed by atoms with Crippen LogP contribution in [-0.2, 0) is 20.9 Å². The van der Waals surface area contributed by atoms with E-state index in [-0.39, 0.29) is 77.3 Å². The lowest BCUT2D eigenvalue weighted by Gasteiger charge is -2.29. The number of nitrogens with zero attached hydrogens (tertiary/aromatic N) is 4. The van der Waals surface area contributed by atoms with Crippen LogP contribution in [0.2, 0.25) is 0 Å². The number of phenols is 2. The Bertz CT molecular complexity index is 2600. The van der Waals surface area contributed by atoms with Crippen molar-refractivity contribution in [2.24, 2.45) is 5.92 Å². The molecule has 1 saturated heterocycles. The van der Waals surface area contributed by atoms with E-state index in [1.165, 1.54) is 15.5 Å². The Morgan fingerprint density at radius 3 is 2.22 bits per heavy atom. The molecule has 0 spiro atoms. The number of piperidine rings is 1. The van der Waals surface area contributed by atoms with Gasteiger partial charge in [0.25, 0.3) is 17.7 Å². The fraction of sp³-hybridized carbons (Fsp3) is 0.304. The van der Waals surface area contributed by atoms with Crippen LogP contribution in [0.1, 0.15) is 102 Å². The van der Waals surface area contributed by atoms with Gasteiger partial charge in [-0.1, -0.05) is 33.8 Å². The third-order valence-corrected chi connectivity index (χ3v) is 10.8. The molecule has 2 aliphatic heterocycles. The van der Waals surface area contributed by atoms with Crippen molar-refractivity contribution in [3.63, 3.8) is 0 Å². The number of carbonyl (C=O) groups is 6. The average Bonchev–Trinajstić information content (AvgIpc) is 3.83. The predicted molar refractivity (Wildman–Crippen MR) is 231 cm³/mol. The molecule has 3 heterocycles. The molecule has 2 unspecified atom stereocenters. The molecule has 326 valence electrons. The Morgan fingerprint density at radius 2 is 1.57 bits per heavy atom. The number of aromatic hydroxyl groups is 2. The van der Waals surface area contributed by atoms with Gasteiger partial charge in [0.15, 0.2) is 5.82 Å². The molecular formula is C46H48N8O9. The lowest BCUT2D eigenvalue weighted by molar-refractivity contribution is -0.137. The zero-order valence-electron chi connectivity index (χ0n) is 35.4. The summed E-state index contributed by atoms with van der Waals surface area (Å²) in [5.74, 6) is -2.05. The normalized spacial score (nSPS) is 15.3. The molecule has 6 amide bonds. The van der Waals surface area contributed by atoms with E-state index >= 15 is 0 Å². The van der Waals surface area contributed by atoms with E-state index in [1.54, 1.807) is 79.7 Å². The lowest BCUT2D eigenvalue weighted by atomic mass is 9.98. The van der Waals surface area contributed by atoms with Gasteiger partial charge in [0.2, 0.25) is 23.5 Å². The molecule has 0 aliphatic carbocycles. The van der Waals surface area contributed by atoms with Gasteiger partial charge in [0, 0.05) is 53.6 Å². The minimum absolute atomic E-state index is 0.0143. The smallest absolute Gasteiger partial charge is 0.289 e. The number of carbonyl (C=O) groups excluding carboxylic acids is 6. The van der Waals surface area contributed by atoms with Gasteiger partial charge in [0.1, 0.15) is 35.1 Å². The Kier molecular flexibility index (Phi) is 12.6. The predicted octanol–water partition coefficient (Wildman–Crippen LogP) is 5.56. The van der Waals surface area contributed by atoms with Gasteiger partial charge < -0.3 is 35.8 Å². The second-order valence-electron chi connectivity index (χ2n) is 16.1. The summed E-state index contributed by atoms with van der Waals surface area (Å²) in [6.07, 6.45) is 0.647. The molecule has 6 N–H and O–H groups in total. The van der Waals surface area contributed by atoms with Crippen molar-refractivity contribution in [2.75, 3.05) is 11.9 Å². The van der Waals surface area contributed by atoms with Crippen molar-refractivity contribution >= 4 is 41.1 Å². The molecule has 0 bridgehead atoms. The number of ether oxygens (including phenoxy) is 1. The topological polar surface area (TPSA) is 234 Å². The molecule has 2 aliphatic rings. The lowest BCUT2D eigenvalue weighted by Crippen LogP contribution is -2.52. The zero-order chi connectivity index (χ0) is 45.1. The van der Waals surface area contributed by atoms with Crippen LogP contribution in [0, 0.1) is 5.92 Å². The first-order valence-electron chi connectivity index (χ1n) is 20.7.